The van der Waals surface area contributed by atoms with Crippen molar-refractivity contribution in [2.45, 2.75) is 25.4 Å². The number of carbonyl (C=O) groups excluding carboxylic acids is 3. The van der Waals surface area contributed by atoms with Gasteiger partial charge in [0, 0.05) is 49.1 Å². The minimum Gasteiger partial charge on any atom is -0.497 e. The van der Waals surface area contributed by atoms with Gasteiger partial charge in [0.15, 0.2) is 5.78 Å². The van der Waals surface area contributed by atoms with Gasteiger partial charge in [-0.05, 0) is 65.2 Å². The number of hydrogen-bond donors (Lipinski definition) is 1. The number of nitrogens with zero attached hydrogens (tertiary/aromatic N) is 3. The Morgan fingerprint density at radius 3 is 2.55 bits per heavy atom. The average molecular weight is 507 g/mol. The summed E-state index contributed by atoms with van der Waals surface area (Å²) in [6.07, 6.45) is 5.48. The van der Waals surface area contributed by atoms with E-state index in [1.807, 2.05) is 12.1 Å². The lowest BCUT2D eigenvalue weighted by molar-refractivity contribution is -0.122. The van der Waals surface area contributed by atoms with E-state index in [1.165, 1.54) is 0 Å². The Hall–Kier alpha value is -4.85. The van der Waals surface area contributed by atoms with Gasteiger partial charge in [0.25, 0.3) is 11.8 Å². The first-order valence-electron chi connectivity index (χ1n) is 12.2. The number of fused-ring (bicyclic) bond motifs is 1. The van der Waals surface area contributed by atoms with Crippen LogP contribution >= 0.6 is 0 Å². The summed E-state index contributed by atoms with van der Waals surface area (Å²) < 4.78 is 5.32. The van der Waals surface area contributed by atoms with Crippen LogP contribution in [0.1, 0.15) is 37.4 Å². The van der Waals surface area contributed by atoms with E-state index in [-0.39, 0.29) is 30.6 Å². The molecule has 4 aromatic rings. The van der Waals surface area contributed by atoms with E-state index in [0.717, 1.165) is 11.1 Å². The van der Waals surface area contributed by atoms with Gasteiger partial charge in [-0.2, -0.15) is 0 Å². The molecule has 0 saturated carbocycles. The molecule has 1 N–H and O–H groups in total. The highest BCUT2D eigenvalue weighted by Crippen LogP contribution is 2.27. The smallest absolute Gasteiger partial charge is 0.256 e. The van der Waals surface area contributed by atoms with Crippen molar-refractivity contribution in [2.24, 2.45) is 0 Å². The van der Waals surface area contributed by atoms with Crippen molar-refractivity contribution in [1.82, 2.24) is 14.9 Å². The van der Waals surface area contributed by atoms with Crippen molar-refractivity contribution in [2.75, 3.05) is 12.4 Å². The Labute approximate surface area is 220 Å². The summed E-state index contributed by atoms with van der Waals surface area (Å²) in [7, 11) is 1.56. The second-order valence-corrected chi connectivity index (χ2v) is 9.05. The first-order valence-corrected chi connectivity index (χ1v) is 12.2. The van der Waals surface area contributed by atoms with Crippen molar-refractivity contribution < 1.29 is 19.1 Å². The van der Waals surface area contributed by atoms with Gasteiger partial charge in [0.2, 0.25) is 0 Å². The zero-order valence-electron chi connectivity index (χ0n) is 20.8. The minimum absolute atomic E-state index is 0.0550. The van der Waals surface area contributed by atoms with Gasteiger partial charge < -0.3 is 15.0 Å². The van der Waals surface area contributed by atoms with Gasteiger partial charge in [-0.25, -0.2) is 4.98 Å². The van der Waals surface area contributed by atoms with Gasteiger partial charge in [0.05, 0.1) is 13.2 Å². The summed E-state index contributed by atoms with van der Waals surface area (Å²) in [6, 6.07) is 20.5. The Kier molecular flexibility index (Phi) is 7.21. The molecule has 0 spiro atoms. The third-order valence-corrected chi connectivity index (χ3v) is 6.54. The summed E-state index contributed by atoms with van der Waals surface area (Å²) in [6.45, 7) is 0.211. The Bertz CT molecular complexity index is 1460. The lowest BCUT2D eigenvalue weighted by atomic mass is 9.98. The summed E-state index contributed by atoms with van der Waals surface area (Å²) in [4.78, 5) is 49.9. The van der Waals surface area contributed by atoms with Crippen LogP contribution in [-0.4, -0.2) is 45.6 Å². The molecule has 1 atom stereocenters. The first kappa shape index (κ1) is 24.8. The number of carbonyl (C=O) groups is 3. The van der Waals surface area contributed by atoms with Crippen LogP contribution in [0.5, 0.6) is 5.75 Å². The molecule has 2 amide bonds. The van der Waals surface area contributed by atoms with Gasteiger partial charge in [-0.15, -0.1) is 0 Å². The SMILES string of the molecule is COc1ccc2c(c1)CC(=O)[C@@H](Cc1cccnc1)N(Cc1ccc(C(=O)Nc3ccccn3)cc1)C2=O. The number of hydrogen-bond acceptors (Lipinski definition) is 6. The van der Waals surface area contributed by atoms with E-state index in [1.54, 1.807) is 91.3 Å². The van der Waals surface area contributed by atoms with Crippen molar-refractivity contribution in [3.8, 4) is 5.75 Å². The number of rotatable bonds is 7. The molecule has 3 heterocycles. The maximum absolute atomic E-state index is 13.8. The fourth-order valence-corrected chi connectivity index (χ4v) is 4.56. The van der Waals surface area contributed by atoms with Crippen LogP contribution in [0.4, 0.5) is 5.82 Å². The molecular weight excluding hydrogens is 480 g/mol. The number of anilines is 1. The highest BCUT2D eigenvalue weighted by atomic mass is 16.5. The van der Waals surface area contributed by atoms with Crippen molar-refractivity contribution in [1.29, 1.82) is 0 Å². The highest BCUT2D eigenvalue weighted by molar-refractivity contribution is 6.04. The van der Waals surface area contributed by atoms with Crippen LogP contribution in [0.3, 0.4) is 0 Å². The number of nitrogens with one attached hydrogen (secondary N) is 1. The number of aromatic nitrogens is 2. The zero-order chi connectivity index (χ0) is 26.5. The lowest BCUT2D eigenvalue weighted by Crippen LogP contribution is -2.44. The Morgan fingerprint density at radius 2 is 1.84 bits per heavy atom. The van der Waals surface area contributed by atoms with Crippen LogP contribution in [0.2, 0.25) is 0 Å². The van der Waals surface area contributed by atoms with Gasteiger partial charge >= 0.3 is 0 Å². The molecular formula is C30H26N4O4. The molecule has 0 radical (unpaired) electrons. The quantitative estimate of drug-likeness (QED) is 0.405. The second kappa shape index (κ2) is 11.0. The van der Waals surface area contributed by atoms with E-state index < -0.39 is 6.04 Å². The number of ketones is 1. The van der Waals surface area contributed by atoms with Crippen LogP contribution in [0.25, 0.3) is 0 Å². The van der Waals surface area contributed by atoms with Gasteiger partial charge in [0.1, 0.15) is 11.6 Å². The Balaban J connectivity index is 1.42. The molecule has 0 fully saturated rings. The van der Waals surface area contributed by atoms with Crippen LogP contribution in [-0.2, 0) is 24.2 Å². The van der Waals surface area contributed by atoms with Crippen molar-refractivity contribution >= 4 is 23.4 Å². The maximum atomic E-state index is 13.8. The van der Waals surface area contributed by atoms with Crippen LogP contribution < -0.4 is 10.1 Å². The molecule has 2 aromatic heterocycles. The number of Topliss-reactive ketones (excluding diaryl/α,β-unsaturated/α-hetero) is 1. The van der Waals surface area contributed by atoms with E-state index >= 15 is 0 Å². The van der Waals surface area contributed by atoms with Crippen LogP contribution in [0.15, 0.2) is 91.4 Å². The third kappa shape index (κ3) is 5.44. The minimum atomic E-state index is -0.669. The molecule has 5 rings (SSSR count). The summed E-state index contributed by atoms with van der Waals surface area (Å²) in [5.74, 6) is 0.499. The number of amides is 2. The lowest BCUT2D eigenvalue weighted by Gasteiger charge is -2.29. The molecule has 0 unspecified atom stereocenters. The molecule has 8 heteroatoms. The fraction of sp³-hybridized carbons (Fsp3) is 0.167. The molecule has 2 aromatic carbocycles. The number of pyridine rings is 2. The predicted molar refractivity (Wildman–Crippen MR) is 142 cm³/mol. The predicted octanol–water partition coefficient (Wildman–Crippen LogP) is 4.12. The topological polar surface area (TPSA) is 101 Å². The standard InChI is InChI=1S/C30H26N4O4/c1-38-24-11-12-25-23(16-24)17-27(35)26(15-21-5-4-13-31-18-21)34(30(25)37)19-20-7-9-22(10-8-20)29(36)33-28-6-2-3-14-32-28/h2-14,16,18,26H,15,17,19H2,1H3,(H,32,33,36)/t26-/m1/s1. The molecule has 0 saturated heterocycles. The molecule has 38 heavy (non-hydrogen) atoms. The van der Waals surface area contributed by atoms with E-state index in [9.17, 15) is 14.4 Å². The van der Waals surface area contributed by atoms with Gasteiger partial charge in [-0.1, -0.05) is 24.3 Å². The van der Waals surface area contributed by atoms with E-state index in [0.29, 0.717) is 34.7 Å². The number of benzene rings is 2. The normalized spacial score (nSPS) is 15.0. The first-order chi connectivity index (χ1) is 18.5. The summed E-state index contributed by atoms with van der Waals surface area (Å²) >= 11 is 0. The molecule has 0 aliphatic carbocycles. The average Bonchev–Trinajstić information content (AvgIpc) is 3.04. The molecule has 8 nitrogen and oxygen atoms in total. The molecule has 0 bridgehead atoms. The molecule has 1 aliphatic rings. The maximum Gasteiger partial charge on any atom is 0.256 e. The second-order valence-electron chi connectivity index (χ2n) is 9.05. The monoisotopic (exact) mass is 506 g/mol. The number of methoxy groups -OCH3 is 1. The van der Waals surface area contributed by atoms with Crippen LogP contribution in [0, 0.1) is 0 Å². The fourth-order valence-electron chi connectivity index (χ4n) is 4.56. The summed E-state index contributed by atoms with van der Waals surface area (Å²) in [5, 5.41) is 2.76. The molecule has 190 valence electrons. The summed E-state index contributed by atoms with van der Waals surface area (Å²) in [5.41, 5.74) is 3.27. The Morgan fingerprint density at radius 1 is 1.00 bits per heavy atom. The van der Waals surface area contributed by atoms with Crippen molar-refractivity contribution in [3.63, 3.8) is 0 Å². The van der Waals surface area contributed by atoms with Gasteiger partial charge in [-0.3, -0.25) is 19.4 Å². The van der Waals surface area contributed by atoms with E-state index in [2.05, 4.69) is 15.3 Å². The van der Waals surface area contributed by atoms with Crippen molar-refractivity contribution in [3.05, 3.63) is 119 Å². The van der Waals surface area contributed by atoms with E-state index in [4.69, 9.17) is 4.74 Å². The molecule has 1 aliphatic heterocycles. The highest BCUT2D eigenvalue weighted by Gasteiger charge is 2.35. The number of ether oxygens (including phenoxy) is 1. The third-order valence-electron chi connectivity index (χ3n) is 6.54. The largest absolute Gasteiger partial charge is 0.497 e. The zero-order valence-corrected chi connectivity index (χ0v) is 20.8.